The Morgan fingerprint density at radius 1 is 0.676 bits per heavy atom. The quantitative estimate of drug-likeness (QED) is 0.315. The zero-order valence-corrected chi connectivity index (χ0v) is 23.0. The lowest BCUT2D eigenvalue weighted by atomic mass is 10.2. The highest BCUT2D eigenvalue weighted by Crippen LogP contribution is 2.63. The molecule has 0 N–H and O–H groups in total. The standard InChI is InChI=1S/C29H39NO2P2/c1-6-30(7-2)23-28(34(32,29(3,4)5)27-21-15-10-16-22-27)24-33(31,25-17-11-8-12-18-25)26-19-13-9-14-20-26/h8-22,28H,6-7,23-24H2,1-5H3. The minimum Gasteiger partial charge on any atom is -0.318 e. The van der Waals surface area contributed by atoms with Gasteiger partial charge in [0.05, 0.1) is 0 Å². The Bertz CT molecular complexity index is 1080. The molecule has 0 bridgehead atoms. The van der Waals surface area contributed by atoms with Crippen LogP contribution in [-0.2, 0) is 9.13 Å². The molecular formula is C29H39NO2P2. The summed E-state index contributed by atoms with van der Waals surface area (Å²) in [5.74, 6) is 0. The maximum absolute atomic E-state index is 15.3. The van der Waals surface area contributed by atoms with Gasteiger partial charge in [0.1, 0.15) is 14.3 Å². The first-order valence-electron chi connectivity index (χ1n) is 12.2. The Kier molecular flexibility index (Phi) is 8.80. The molecule has 5 heteroatoms. The molecule has 0 saturated heterocycles. The number of rotatable bonds is 10. The van der Waals surface area contributed by atoms with Crippen molar-refractivity contribution in [3.05, 3.63) is 91.0 Å². The molecule has 0 aliphatic carbocycles. The lowest BCUT2D eigenvalue weighted by Crippen LogP contribution is -2.42. The van der Waals surface area contributed by atoms with Crippen molar-refractivity contribution < 1.29 is 9.13 Å². The fraction of sp³-hybridized carbons (Fsp3) is 0.379. The third kappa shape index (κ3) is 5.49. The van der Waals surface area contributed by atoms with Crippen LogP contribution >= 0.6 is 14.3 Å². The van der Waals surface area contributed by atoms with Gasteiger partial charge in [-0.3, -0.25) is 0 Å². The minimum absolute atomic E-state index is 0.249. The smallest absolute Gasteiger partial charge is 0.144 e. The first-order valence-corrected chi connectivity index (χ1v) is 15.9. The summed E-state index contributed by atoms with van der Waals surface area (Å²) in [5, 5.41) is 2.08. The molecule has 0 saturated carbocycles. The van der Waals surface area contributed by atoms with Gasteiger partial charge in [-0.05, 0) is 13.1 Å². The Balaban J connectivity index is 2.23. The Morgan fingerprint density at radius 3 is 1.41 bits per heavy atom. The van der Waals surface area contributed by atoms with E-state index in [2.05, 4.69) is 39.5 Å². The first kappa shape index (κ1) is 26.7. The van der Waals surface area contributed by atoms with Crippen molar-refractivity contribution in [2.24, 2.45) is 0 Å². The van der Waals surface area contributed by atoms with E-state index in [1.807, 2.05) is 91.0 Å². The van der Waals surface area contributed by atoms with Crippen molar-refractivity contribution in [1.29, 1.82) is 0 Å². The van der Waals surface area contributed by atoms with Crippen LogP contribution in [0, 0.1) is 0 Å². The Morgan fingerprint density at radius 2 is 1.06 bits per heavy atom. The zero-order chi connectivity index (χ0) is 24.8. The molecule has 0 fully saturated rings. The van der Waals surface area contributed by atoms with Crippen molar-refractivity contribution >= 4 is 30.2 Å². The van der Waals surface area contributed by atoms with Crippen molar-refractivity contribution in [2.75, 3.05) is 25.8 Å². The molecule has 3 aromatic carbocycles. The molecule has 3 rings (SSSR count). The highest BCUT2D eigenvalue weighted by Gasteiger charge is 2.48. The number of hydrogen-bond acceptors (Lipinski definition) is 3. The van der Waals surface area contributed by atoms with E-state index in [4.69, 9.17) is 0 Å². The molecule has 3 aromatic rings. The fourth-order valence-electron chi connectivity index (χ4n) is 4.86. The number of benzene rings is 3. The Labute approximate surface area is 206 Å². The highest BCUT2D eigenvalue weighted by atomic mass is 31.2. The van der Waals surface area contributed by atoms with Gasteiger partial charge in [-0.2, -0.15) is 0 Å². The van der Waals surface area contributed by atoms with Gasteiger partial charge in [0.15, 0.2) is 0 Å². The summed E-state index contributed by atoms with van der Waals surface area (Å²) in [7, 11) is -6.04. The topological polar surface area (TPSA) is 37.4 Å². The summed E-state index contributed by atoms with van der Waals surface area (Å²) in [5.41, 5.74) is -0.249. The van der Waals surface area contributed by atoms with Gasteiger partial charge in [0.25, 0.3) is 0 Å². The summed E-state index contributed by atoms with van der Waals surface area (Å²) < 4.78 is 30.3. The fourth-order valence-corrected chi connectivity index (χ4v) is 12.6. The second-order valence-corrected chi connectivity index (χ2v) is 16.7. The van der Waals surface area contributed by atoms with Crippen LogP contribution in [0.3, 0.4) is 0 Å². The molecule has 0 spiro atoms. The molecule has 0 aliphatic rings. The molecule has 182 valence electrons. The monoisotopic (exact) mass is 495 g/mol. The van der Waals surface area contributed by atoms with E-state index in [9.17, 15) is 0 Å². The number of nitrogens with zero attached hydrogens (tertiary/aromatic N) is 1. The molecule has 0 radical (unpaired) electrons. The van der Waals surface area contributed by atoms with Crippen molar-refractivity contribution in [3.63, 3.8) is 0 Å². The first-order chi connectivity index (χ1) is 16.2. The Hall–Kier alpha value is -1.92. The van der Waals surface area contributed by atoms with Gasteiger partial charge < -0.3 is 14.0 Å². The van der Waals surface area contributed by atoms with Gasteiger partial charge >= 0.3 is 0 Å². The number of hydrogen-bond donors (Lipinski definition) is 0. The molecule has 34 heavy (non-hydrogen) atoms. The van der Waals surface area contributed by atoms with Crippen LogP contribution in [0.4, 0.5) is 0 Å². The minimum atomic E-state index is -3.04. The average molecular weight is 496 g/mol. The molecule has 0 amide bonds. The largest absolute Gasteiger partial charge is 0.318 e. The molecule has 2 atom stereocenters. The molecule has 0 aliphatic heterocycles. The van der Waals surface area contributed by atoms with Crippen LogP contribution < -0.4 is 15.9 Å². The summed E-state index contributed by atoms with van der Waals surface area (Å²) >= 11 is 0. The molecular weight excluding hydrogens is 456 g/mol. The normalized spacial score (nSPS) is 15.1. The van der Waals surface area contributed by atoms with Crippen LogP contribution in [-0.4, -0.2) is 41.5 Å². The van der Waals surface area contributed by atoms with E-state index in [0.717, 1.165) is 29.0 Å². The van der Waals surface area contributed by atoms with Crippen LogP contribution in [0.25, 0.3) is 0 Å². The van der Waals surface area contributed by atoms with Crippen LogP contribution in [0.2, 0.25) is 0 Å². The zero-order valence-electron chi connectivity index (χ0n) is 21.2. The lowest BCUT2D eigenvalue weighted by Gasteiger charge is -2.41. The van der Waals surface area contributed by atoms with E-state index in [-0.39, 0.29) is 5.66 Å². The van der Waals surface area contributed by atoms with Gasteiger partial charge in [-0.25, -0.2) is 0 Å². The third-order valence-corrected chi connectivity index (χ3v) is 14.8. The van der Waals surface area contributed by atoms with E-state index in [0.29, 0.717) is 12.7 Å². The molecule has 0 heterocycles. The predicted octanol–water partition coefficient (Wildman–Crippen LogP) is 6.20. The average Bonchev–Trinajstić information content (AvgIpc) is 2.86. The highest BCUT2D eigenvalue weighted by molar-refractivity contribution is 7.80. The van der Waals surface area contributed by atoms with Crippen molar-refractivity contribution in [2.45, 2.75) is 45.4 Å². The molecule has 0 aromatic heterocycles. The SMILES string of the molecule is CCN(CC)CC(CP(=O)(c1ccccc1)c1ccccc1)P(=O)(c1ccccc1)C(C)(C)C. The van der Waals surface area contributed by atoms with Gasteiger partial charge in [0.2, 0.25) is 0 Å². The second kappa shape index (κ2) is 11.2. The van der Waals surface area contributed by atoms with E-state index < -0.39 is 19.4 Å². The summed E-state index contributed by atoms with van der Waals surface area (Å²) in [6.07, 6.45) is 0.376. The van der Waals surface area contributed by atoms with Gasteiger partial charge in [-0.1, -0.05) is 126 Å². The van der Waals surface area contributed by atoms with E-state index in [1.54, 1.807) is 0 Å². The second-order valence-electron chi connectivity index (χ2n) is 9.90. The van der Waals surface area contributed by atoms with Crippen molar-refractivity contribution in [1.82, 2.24) is 4.90 Å². The molecule has 2 unspecified atom stereocenters. The van der Waals surface area contributed by atoms with Crippen molar-refractivity contribution in [3.8, 4) is 0 Å². The van der Waals surface area contributed by atoms with E-state index in [1.165, 1.54) is 0 Å². The maximum Gasteiger partial charge on any atom is 0.144 e. The predicted molar refractivity (Wildman–Crippen MR) is 150 cm³/mol. The lowest BCUT2D eigenvalue weighted by molar-refractivity contribution is 0.304. The van der Waals surface area contributed by atoms with Crippen LogP contribution in [0.5, 0.6) is 0 Å². The van der Waals surface area contributed by atoms with Crippen LogP contribution in [0.1, 0.15) is 34.6 Å². The third-order valence-electron chi connectivity index (χ3n) is 6.83. The van der Waals surface area contributed by atoms with Gasteiger partial charge in [0, 0.05) is 39.4 Å². The molecule has 3 nitrogen and oxygen atoms in total. The van der Waals surface area contributed by atoms with E-state index >= 15 is 9.13 Å². The maximum atomic E-state index is 15.3. The summed E-state index contributed by atoms with van der Waals surface area (Å²) in [6.45, 7) is 12.9. The van der Waals surface area contributed by atoms with Gasteiger partial charge in [-0.15, -0.1) is 0 Å². The summed E-state index contributed by atoms with van der Waals surface area (Å²) in [4.78, 5) is 2.33. The summed E-state index contributed by atoms with van der Waals surface area (Å²) in [6, 6.07) is 29.5. The van der Waals surface area contributed by atoms with Crippen LogP contribution in [0.15, 0.2) is 91.0 Å².